The Balaban J connectivity index is 0.00000180. The Hall–Kier alpha value is -1.04. The van der Waals surface area contributed by atoms with Crippen LogP contribution in [0.25, 0.3) is 0 Å². The molecular formula is C13H21ClN2O3. The van der Waals surface area contributed by atoms with E-state index in [0.29, 0.717) is 18.9 Å². The molecular weight excluding hydrogens is 268 g/mol. The van der Waals surface area contributed by atoms with Crippen molar-refractivity contribution in [2.24, 2.45) is 0 Å². The maximum atomic E-state index is 11.9. The topological polar surface area (TPSA) is 63.5 Å². The molecule has 5 nitrogen and oxygen atoms in total. The zero-order chi connectivity index (χ0) is 13.0. The van der Waals surface area contributed by atoms with Gasteiger partial charge in [-0.25, -0.2) is 0 Å². The molecule has 2 N–H and O–H groups in total. The molecule has 2 heterocycles. The molecule has 108 valence electrons. The molecule has 1 aromatic rings. The average molecular weight is 289 g/mol. The van der Waals surface area contributed by atoms with Crippen molar-refractivity contribution in [2.45, 2.75) is 25.3 Å². The lowest BCUT2D eigenvalue weighted by atomic mass is 9.98. The largest absolute Gasteiger partial charge is 0.456 e. The Kier molecular flexibility index (Phi) is 5.85. The van der Waals surface area contributed by atoms with Gasteiger partial charge in [-0.05, 0) is 38.4 Å². The maximum Gasteiger partial charge on any atom is 0.287 e. The van der Waals surface area contributed by atoms with Crippen LogP contribution in [0.1, 0.15) is 29.2 Å². The van der Waals surface area contributed by atoms with Gasteiger partial charge in [0.2, 0.25) is 0 Å². The number of methoxy groups -OCH3 is 1. The number of furan rings is 1. The third-order valence-electron chi connectivity index (χ3n) is 3.30. The summed E-state index contributed by atoms with van der Waals surface area (Å²) in [5.41, 5.74) is -0.133. The van der Waals surface area contributed by atoms with Gasteiger partial charge in [-0.1, -0.05) is 0 Å². The highest BCUT2D eigenvalue weighted by Gasteiger charge is 2.34. The number of ether oxygens (including phenoxy) is 1. The zero-order valence-electron chi connectivity index (χ0n) is 11.3. The van der Waals surface area contributed by atoms with Crippen molar-refractivity contribution in [2.75, 3.05) is 26.8 Å². The quantitative estimate of drug-likeness (QED) is 0.862. The lowest BCUT2D eigenvalue weighted by molar-refractivity contribution is 0.0866. The van der Waals surface area contributed by atoms with Crippen molar-refractivity contribution in [3.63, 3.8) is 0 Å². The van der Waals surface area contributed by atoms with Crippen LogP contribution in [0.3, 0.4) is 0 Å². The summed E-state index contributed by atoms with van der Waals surface area (Å²) in [5, 5.41) is 6.32. The highest BCUT2D eigenvalue weighted by atomic mass is 35.5. The first-order valence-corrected chi connectivity index (χ1v) is 6.24. The van der Waals surface area contributed by atoms with Gasteiger partial charge in [0.15, 0.2) is 5.76 Å². The van der Waals surface area contributed by atoms with Gasteiger partial charge >= 0.3 is 0 Å². The number of carbonyl (C=O) groups is 1. The van der Waals surface area contributed by atoms with E-state index in [0.717, 1.165) is 25.1 Å². The third kappa shape index (κ3) is 3.96. The highest BCUT2D eigenvalue weighted by molar-refractivity contribution is 5.91. The summed E-state index contributed by atoms with van der Waals surface area (Å²) in [6, 6.07) is 3.48. The monoisotopic (exact) mass is 288 g/mol. The standard InChI is InChI=1S/C13H20N2O3.ClH/c1-10-4-5-11(18-10)12(16)14-8-13(9-17-2)6-3-7-15-13;/h4-5,15H,3,6-9H2,1-2H3,(H,14,16);1H. The van der Waals surface area contributed by atoms with Crippen molar-refractivity contribution in [1.29, 1.82) is 0 Å². The molecule has 0 radical (unpaired) electrons. The lowest BCUT2D eigenvalue weighted by Crippen LogP contribution is -2.52. The molecule has 2 rings (SSSR count). The number of halogens is 1. The van der Waals surface area contributed by atoms with Gasteiger partial charge < -0.3 is 19.8 Å². The molecule has 1 saturated heterocycles. The van der Waals surface area contributed by atoms with Crippen molar-refractivity contribution in [3.05, 3.63) is 23.7 Å². The van der Waals surface area contributed by atoms with Crippen LogP contribution in [0.4, 0.5) is 0 Å². The van der Waals surface area contributed by atoms with Gasteiger partial charge in [0.25, 0.3) is 5.91 Å². The van der Waals surface area contributed by atoms with Crippen LogP contribution in [-0.2, 0) is 4.74 Å². The predicted octanol–water partition coefficient (Wildman–Crippen LogP) is 1.51. The van der Waals surface area contributed by atoms with E-state index in [4.69, 9.17) is 9.15 Å². The van der Waals surface area contributed by atoms with Gasteiger partial charge in [0, 0.05) is 13.7 Å². The van der Waals surface area contributed by atoms with Crippen LogP contribution in [0.5, 0.6) is 0 Å². The summed E-state index contributed by atoms with van der Waals surface area (Å²) < 4.78 is 10.5. The first-order chi connectivity index (χ1) is 8.65. The van der Waals surface area contributed by atoms with E-state index in [1.807, 2.05) is 6.92 Å². The summed E-state index contributed by atoms with van der Waals surface area (Å²) in [4.78, 5) is 11.9. The van der Waals surface area contributed by atoms with Gasteiger partial charge in [0.05, 0.1) is 12.1 Å². The van der Waals surface area contributed by atoms with Crippen molar-refractivity contribution < 1.29 is 13.9 Å². The lowest BCUT2D eigenvalue weighted by Gasteiger charge is -2.28. The molecule has 1 amide bonds. The summed E-state index contributed by atoms with van der Waals surface area (Å²) in [6.45, 7) is 3.95. The van der Waals surface area contributed by atoms with Crippen molar-refractivity contribution in [3.8, 4) is 0 Å². The van der Waals surface area contributed by atoms with Crippen molar-refractivity contribution in [1.82, 2.24) is 10.6 Å². The Morgan fingerprint density at radius 3 is 2.89 bits per heavy atom. The van der Waals surface area contributed by atoms with Gasteiger partial charge in [0.1, 0.15) is 5.76 Å². The van der Waals surface area contributed by atoms with Crippen LogP contribution in [0, 0.1) is 6.92 Å². The minimum absolute atomic E-state index is 0. The van der Waals surface area contributed by atoms with Gasteiger partial charge in [-0.3, -0.25) is 4.79 Å². The molecule has 0 aliphatic carbocycles. The van der Waals surface area contributed by atoms with E-state index in [-0.39, 0.29) is 23.9 Å². The third-order valence-corrected chi connectivity index (χ3v) is 3.30. The zero-order valence-corrected chi connectivity index (χ0v) is 12.1. The minimum Gasteiger partial charge on any atom is -0.456 e. The molecule has 1 unspecified atom stereocenters. The number of rotatable bonds is 5. The molecule has 1 aliphatic rings. The Labute approximate surface area is 119 Å². The molecule has 1 fully saturated rings. The van der Waals surface area contributed by atoms with Crippen molar-refractivity contribution >= 4 is 18.3 Å². The van der Waals surface area contributed by atoms with Crippen LogP contribution in [0.2, 0.25) is 0 Å². The SMILES string of the molecule is COCC1(CNC(=O)c2ccc(C)o2)CCCN1.Cl. The van der Waals surface area contributed by atoms with E-state index in [2.05, 4.69) is 10.6 Å². The summed E-state index contributed by atoms with van der Waals surface area (Å²) >= 11 is 0. The van der Waals surface area contributed by atoms with Gasteiger partial charge in [-0.2, -0.15) is 0 Å². The number of nitrogens with one attached hydrogen (secondary N) is 2. The fourth-order valence-electron chi connectivity index (χ4n) is 2.36. The number of carbonyl (C=O) groups excluding carboxylic acids is 1. The molecule has 1 aromatic heterocycles. The van der Waals surface area contributed by atoms with Crippen LogP contribution >= 0.6 is 12.4 Å². The minimum atomic E-state index is -0.174. The van der Waals surface area contributed by atoms with E-state index in [1.54, 1.807) is 19.2 Å². The predicted molar refractivity (Wildman–Crippen MR) is 74.9 cm³/mol. The molecule has 0 saturated carbocycles. The maximum absolute atomic E-state index is 11.9. The molecule has 0 aromatic carbocycles. The molecule has 6 heteroatoms. The number of hydrogen-bond donors (Lipinski definition) is 2. The van der Waals surface area contributed by atoms with E-state index in [9.17, 15) is 4.79 Å². The molecule has 19 heavy (non-hydrogen) atoms. The second-order valence-corrected chi connectivity index (χ2v) is 4.84. The molecule has 0 bridgehead atoms. The average Bonchev–Trinajstić information content (AvgIpc) is 2.97. The molecule has 1 atom stereocenters. The van der Waals surface area contributed by atoms with E-state index < -0.39 is 0 Å². The Morgan fingerprint density at radius 2 is 2.37 bits per heavy atom. The Morgan fingerprint density at radius 1 is 1.58 bits per heavy atom. The first kappa shape index (κ1) is 16.0. The van der Waals surface area contributed by atoms with E-state index >= 15 is 0 Å². The molecule has 1 aliphatic heterocycles. The number of amides is 1. The van der Waals surface area contributed by atoms with Gasteiger partial charge in [-0.15, -0.1) is 12.4 Å². The second-order valence-electron chi connectivity index (χ2n) is 4.84. The van der Waals surface area contributed by atoms with Crippen LogP contribution < -0.4 is 10.6 Å². The van der Waals surface area contributed by atoms with E-state index in [1.165, 1.54) is 0 Å². The first-order valence-electron chi connectivity index (χ1n) is 6.24. The number of aryl methyl sites for hydroxylation is 1. The summed E-state index contributed by atoms with van der Waals surface area (Å²) in [7, 11) is 1.68. The fourth-order valence-corrected chi connectivity index (χ4v) is 2.36. The highest BCUT2D eigenvalue weighted by Crippen LogP contribution is 2.19. The summed E-state index contributed by atoms with van der Waals surface area (Å²) in [5.74, 6) is 0.927. The smallest absolute Gasteiger partial charge is 0.287 e. The fraction of sp³-hybridized carbons (Fsp3) is 0.615. The second kappa shape index (κ2) is 6.93. The summed E-state index contributed by atoms with van der Waals surface area (Å²) in [6.07, 6.45) is 2.12. The normalized spacial score (nSPS) is 22.0. The number of hydrogen-bond acceptors (Lipinski definition) is 4. The Bertz CT molecular complexity index is 414. The van der Waals surface area contributed by atoms with Crippen LogP contribution in [-0.4, -0.2) is 38.3 Å². The van der Waals surface area contributed by atoms with Crippen LogP contribution in [0.15, 0.2) is 16.5 Å². The molecule has 0 spiro atoms.